The Morgan fingerprint density at radius 1 is 0.750 bits per heavy atom. The third-order valence-corrected chi connectivity index (χ3v) is 2.09. The van der Waals surface area contributed by atoms with Crippen molar-refractivity contribution in [3.05, 3.63) is 29.2 Å². The van der Waals surface area contributed by atoms with Gasteiger partial charge in [0.2, 0.25) is 5.39 Å². The van der Waals surface area contributed by atoms with E-state index in [0.29, 0.717) is 0 Å². The summed E-state index contributed by atoms with van der Waals surface area (Å²) in [6, 6.07) is 4.62. The van der Waals surface area contributed by atoms with E-state index in [0.717, 1.165) is 12.1 Å². The molecule has 0 fully saturated rings. The number of hydrogen-bond donors (Lipinski definition) is 8. The molecule has 0 aliphatic rings. The Morgan fingerprint density at radius 2 is 0.964 bits per heavy atom. The maximum atomic E-state index is 10.4. The second-order valence-corrected chi connectivity index (χ2v) is 4.67. The molecule has 0 amide bonds. The van der Waals surface area contributed by atoms with Gasteiger partial charge in [-0.05, 0) is 12.1 Å². The van der Waals surface area contributed by atoms with E-state index >= 15 is 0 Å². The number of rotatable bonds is 1. The normalized spacial score (nSPS) is 8.43. The van der Waals surface area contributed by atoms with Gasteiger partial charge in [0.05, 0.1) is 4.90 Å². The summed E-state index contributed by atoms with van der Waals surface area (Å²) in [6.07, 6.45) is 0. The fourth-order valence-corrected chi connectivity index (χ4v) is 1.15. The van der Waals surface area contributed by atoms with Crippen LogP contribution >= 0.6 is 0 Å². The maximum absolute atomic E-state index is 10.4. The highest BCUT2D eigenvalue weighted by Gasteiger charge is 2.05. The van der Waals surface area contributed by atoms with Crippen molar-refractivity contribution < 1.29 is 70.4 Å². The Kier molecular flexibility index (Phi) is 24.1. The topological polar surface area (TPSA) is 247 Å². The summed E-state index contributed by atoms with van der Waals surface area (Å²) in [5.74, 6) is 0. The van der Waals surface area contributed by atoms with Gasteiger partial charge in [-0.2, -0.15) is 0 Å². The van der Waals surface area contributed by atoms with Crippen LogP contribution in [0.3, 0.4) is 0 Å². The molecule has 0 spiro atoms. The molecule has 0 saturated carbocycles. The van der Waals surface area contributed by atoms with E-state index in [4.69, 9.17) is 45.6 Å². The predicted molar refractivity (Wildman–Crippen MR) is 84.3 cm³/mol. The lowest BCUT2D eigenvalue weighted by molar-refractivity contribution is 0.338. The van der Waals surface area contributed by atoms with Gasteiger partial charge in [-0.1, -0.05) is 0 Å². The molecular weight excluding hydrogens is 427 g/mol. The molecule has 0 aromatic heterocycles. The summed E-state index contributed by atoms with van der Waals surface area (Å²) < 4.78 is 71.6. The van der Waals surface area contributed by atoms with Gasteiger partial charge in [-0.25, -0.2) is 8.42 Å². The van der Waals surface area contributed by atoms with Crippen molar-refractivity contribution in [3.8, 4) is 0 Å². The molecule has 0 heterocycles. The van der Waals surface area contributed by atoms with Crippen LogP contribution in [0.15, 0.2) is 29.2 Å². The molecule has 1 aromatic rings. The third kappa shape index (κ3) is 49.6. The van der Waals surface area contributed by atoms with Gasteiger partial charge >= 0.3 is 35.3 Å². The second-order valence-electron chi connectivity index (χ2n) is 3.29. The Hall–Kier alpha value is -1.79. The number of halogens is 4. The van der Waals surface area contributed by atoms with E-state index < -0.39 is 39.7 Å². The Balaban J connectivity index is -0.000000150. The quantitative estimate of drug-likeness (QED) is 0.0931. The number of nitrogens with zero attached hydrogens (tertiary/aromatic N) is 2. The Morgan fingerprint density at radius 3 is 1.11 bits per heavy atom. The summed E-state index contributed by atoms with van der Waals surface area (Å²) in [5, 5.41) is 63.8. The summed E-state index contributed by atoms with van der Waals surface area (Å²) in [6.45, 7) is 0. The first kappa shape index (κ1) is 33.8. The molecular formula is C6H12B4F4N2O11S. The lowest BCUT2D eigenvalue weighted by Crippen LogP contribution is -1.98. The second kappa shape index (κ2) is 20.0. The molecule has 1 aromatic carbocycles. The highest BCUT2D eigenvalue weighted by atomic mass is 32.2. The minimum Gasteiger partial charge on any atom is -0.744 e. The molecule has 28 heavy (non-hydrogen) atoms. The smallest absolute Gasteiger partial charge is 0.674 e. The van der Waals surface area contributed by atoms with Crippen LogP contribution in [-0.2, 0) is 10.1 Å². The summed E-state index contributed by atoms with van der Waals surface area (Å²) >= 11 is 0. The van der Waals surface area contributed by atoms with Crippen LogP contribution in [0, 0.1) is 5.39 Å². The fourth-order valence-electron chi connectivity index (χ4n) is 0.679. The summed E-state index contributed by atoms with van der Waals surface area (Å²) in [5.41, 5.74) is 0.197. The number of diazo groups is 1. The van der Waals surface area contributed by atoms with Crippen LogP contribution in [-0.4, -0.2) is 82.7 Å². The van der Waals surface area contributed by atoms with Crippen LogP contribution in [0.25, 0.3) is 4.98 Å². The molecule has 0 unspecified atom stereocenters. The van der Waals surface area contributed by atoms with Gasteiger partial charge in [0.15, 0.2) is 4.98 Å². The Labute approximate surface area is 156 Å². The lowest BCUT2D eigenvalue weighted by atomic mass is 10.3. The molecule has 0 saturated heterocycles. The van der Waals surface area contributed by atoms with E-state index in [1.165, 1.54) is 12.1 Å². The zero-order valence-electron chi connectivity index (χ0n) is 13.2. The lowest BCUT2D eigenvalue weighted by Gasteiger charge is -2.03. The Bertz CT molecular complexity index is 583. The average Bonchev–Trinajstić information content (AvgIpc) is 2.44. The van der Waals surface area contributed by atoms with E-state index in [1.54, 1.807) is 0 Å². The average molecular weight is 439 g/mol. The third-order valence-electron chi connectivity index (χ3n) is 1.24. The molecule has 0 atom stereocenters. The van der Waals surface area contributed by atoms with E-state index in [2.05, 4.69) is 4.98 Å². The van der Waals surface area contributed by atoms with Crippen LogP contribution in [0.2, 0.25) is 0 Å². The van der Waals surface area contributed by atoms with Crippen molar-refractivity contribution in [2.75, 3.05) is 0 Å². The number of hydrogen-bond acceptors (Lipinski definition) is 12. The SMILES string of the molecule is N#[N+]c1ccc(S(=O)(=O)[O-])cc1.OB(O)F.OB(O)F.OB(O)F.OB(O)F. The zero-order valence-corrected chi connectivity index (χ0v) is 14.1. The highest BCUT2D eigenvalue weighted by molar-refractivity contribution is 7.85. The van der Waals surface area contributed by atoms with Gasteiger partial charge in [0.1, 0.15) is 10.1 Å². The molecule has 0 bridgehead atoms. The first-order valence-electron chi connectivity index (χ1n) is 5.89. The highest BCUT2D eigenvalue weighted by Crippen LogP contribution is 2.15. The van der Waals surface area contributed by atoms with Crippen LogP contribution in [0.4, 0.5) is 23.0 Å². The van der Waals surface area contributed by atoms with Gasteiger partial charge < -0.3 is 44.7 Å². The molecule has 1 rings (SSSR count). The van der Waals surface area contributed by atoms with Crippen molar-refractivity contribution in [2.24, 2.45) is 0 Å². The number of benzene rings is 1. The van der Waals surface area contributed by atoms with E-state index in [9.17, 15) is 30.2 Å². The maximum Gasteiger partial charge on any atom is 0.674 e. The molecule has 22 heteroatoms. The largest absolute Gasteiger partial charge is 0.744 e. The van der Waals surface area contributed by atoms with Crippen molar-refractivity contribution in [1.29, 1.82) is 5.39 Å². The van der Waals surface area contributed by atoms with E-state index in [-0.39, 0.29) is 10.6 Å². The molecule has 0 aliphatic heterocycles. The van der Waals surface area contributed by atoms with Crippen molar-refractivity contribution >= 4 is 45.4 Å². The fraction of sp³-hybridized carbons (Fsp3) is 0. The van der Waals surface area contributed by atoms with Crippen molar-refractivity contribution in [3.63, 3.8) is 0 Å². The molecule has 158 valence electrons. The first-order chi connectivity index (χ1) is 12.5. The standard InChI is InChI=1S/C6H4N2O3S.4BFH2O2/c7-8-5-1-3-6(4-2-5)12(9,10)11;4*2-1(3)4/h1-4H;4*3-4H. The molecule has 0 aliphatic carbocycles. The van der Waals surface area contributed by atoms with Crippen LogP contribution in [0.5, 0.6) is 0 Å². The van der Waals surface area contributed by atoms with Gasteiger partial charge in [0, 0.05) is 12.1 Å². The van der Waals surface area contributed by atoms with Crippen LogP contribution < -0.4 is 0 Å². The molecule has 8 N–H and O–H groups in total. The van der Waals surface area contributed by atoms with Crippen molar-refractivity contribution in [1.82, 2.24) is 0 Å². The van der Waals surface area contributed by atoms with Gasteiger partial charge in [-0.15, -0.1) is 0 Å². The predicted octanol–water partition coefficient (Wildman–Crippen LogP) is -3.22. The molecule has 0 radical (unpaired) electrons. The summed E-state index contributed by atoms with van der Waals surface area (Å²) in [7, 11) is -15.1. The van der Waals surface area contributed by atoms with Gasteiger partial charge in [-0.3, -0.25) is 17.3 Å². The first-order valence-corrected chi connectivity index (χ1v) is 7.30. The minimum absolute atomic E-state index is 0.197. The van der Waals surface area contributed by atoms with Gasteiger partial charge in [0.25, 0.3) is 0 Å². The van der Waals surface area contributed by atoms with E-state index in [1.807, 2.05) is 0 Å². The van der Waals surface area contributed by atoms with Crippen molar-refractivity contribution in [2.45, 2.75) is 4.90 Å². The minimum atomic E-state index is -4.40. The zero-order chi connectivity index (χ0) is 23.5. The summed E-state index contributed by atoms with van der Waals surface area (Å²) in [4.78, 5) is 2.46. The monoisotopic (exact) mass is 440 g/mol. The molecule has 13 nitrogen and oxygen atoms in total. The van der Waals surface area contributed by atoms with Crippen LogP contribution in [0.1, 0.15) is 0 Å².